The lowest BCUT2D eigenvalue weighted by Crippen LogP contribution is -2.25. The number of fused-ring (bicyclic) bond motifs is 2. The van der Waals surface area contributed by atoms with Crippen molar-refractivity contribution in [3.8, 4) is 0 Å². The lowest BCUT2D eigenvalue weighted by Gasteiger charge is -2.17. The minimum atomic E-state index is -0.333. The van der Waals surface area contributed by atoms with Crippen molar-refractivity contribution >= 4 is 0 Å². The summed E-state index contributed by atoms with van der Waals surface area (Å²) in [6.45, 7) is 3.85. The molecular weight excluding hydrogens is 186 g/mol. The molecule has 0 amide bonds. The Bertz CT molecular complexity index is 396. The molecule has 1 unspecified atom stereocenters. The zero-order chi connectivity index (χ0) is 10.5. The second-order valence-corrected chi connectivity index (χ2v) is 5.02. The maximum atomic E-state index is 10.0. The van der Waals surface area contributed by atoms with E-state index in [1.54, 1.807) is 0 Å². The largest absolute Gasteiger partial charge is 0.387 e. The normalized spacial score (nSPS) is 27.2. The minimum absolute atomic E-state index is 0.333. The molecule has 15 heavy (non-hydrogen) atoms. The van der Waals surface area contributed by atoms with E-state index >= 15 is 0 Å². The maximum absolute atomic E-state index is 10.0. The summed E-state index contributed by atoms with van der Waals surface area (Å²) in [7, 11) is 0. The van der Waals surface area contributed by atoms with Crippen molar-refractivity contribution in [2.24, 2.45) is 0 Å². The van der Waals surface area contributed by atoms with Crippen LogP contribution in [0.15, 0.2) is 18.2 Å². The van der Waals surface area contributed by atoms with Crippen molar-refractivity contribution in [2.45, 2.75) is 31.3 Å². The Morgan fingerprint density at radius 3 is 2.93 bits per heavy atom. The Hall–Kier alpha value is -0.860. The highest BCUT2D eigenvalue weighted by Crippen LogP contribution is 2.50. The Morgan fingerprint density at radius 2 is 2.20 bits per heavy atom. The Morgan fingerprint density at radius 1 is 1.40 bits per heavy atom. The van der Waals surface area contributed by atoms with E-state index in [-0.39, 0.29) is 6.10 Å². The van der Waals surface area contributed by atoms with Crippen LogP contribution in [-0.4, -0.2) is 18.2 Å². The van der Waals surface area contributed by atoms with Crippen LogP contribution in [-0.2, 0) is 5.41 Å². The predicted octanol–water partition coefficient (Wildman–Crippen LogP) is 1.66. The number of aryl methyl sites for hydroxylation is 1. The van der Waals surface area contributed by atoms with Crippen molar-refractivity contribution in [1.29, 1.82) is 0 Å². The third-order valence-corrected chi connectivity index (χ3v) is 3.79. The van der Waals surface area contributed by atoms with Crippen LogP contribution in [0.3, 0.4) is 0 Å². The zero-order valence-electron chi connectivity index (χ0n) is 9.09. The van der Waals surface area contributed by atoms with Crippen molar-refractivity contribution in [1.82, 2.24) is 5.32 Å². The summed E-state index contributed by atoms with van der Waals surface area (Å²) in [5.74, 6) is 0. The van der Waals surface area contributed by atoms with E-state index in [0.717, 1.165) is 12.1 Å². The van der Waals surface area contributed by atoms with Crippen LogP contribution < -0.4 is 5.32 Å². The van der Waals surface area contributed by atoms with Gasteiger partial charge in [0.05, 0.1) is 6.10 Å². The van der Waals surface area contributed by atoms with Gasteiger partial charge >= 0.3 is 0 Å². The van der Waals surface area contributed by atoms with E-state index in [2.05, 4.69) is 30.4 Å². The molecular formula is C13H17NO. The van der Waals surface area contributed by atoms with Crippen LogP contribution in [0.5, 0.6) is 0 Å². The third kappa shape index (κ3) is 1.40. The van der Waals surface area contributed by atoms with Crippen molar-refractivity contribution in [3.63, 3.8) is 0 Å². The number of aliphatic hydroxyl groups excluding tert-OH is 1. The van der Waals surface area contributed by atoms with Crippen LogP contribution in [0.1, 0.15) is 35.6 Å². The molecule has 1 fully saturated rings. The van der Waals surface area contributed by atoms with Gasteiger partial charge in [-0.2, -0.15) is 0 Å². The molecule has 0 saturated heterocycles. The summed E-state index contributed by atoms with van der Waals surface area (Å²) >= 11 is 0. The Kier molecular flexibility index (Phi) is 1.91. The summed E-state index contributed by atoms with van der Waals surface area (Å²) in [5, 5.41) is 13.4. The molecule has 2 heteroatoms. The topological polar surface area (TPSA) is 32.3 Å². The number of β-amino-alcohol motifs (C(OH)–C–C–N with tert-alkyl or cyclic N) is 1. The van der Waals surface area contributed by atoms with Gasteiger partial charge in [-0.05, 0) is 30.9 Å². The van der Waals surface area contributed by atoms with E-state index in [1.807, 2.05) is 0 Å². The van der Waals surface area contributed by atoms with E-state index in [0.29, 0.717) is 12.0 Å². The Balaban J connectivity index is 2.15. The lowest BCUT2D eigenvalue weighted by atomic mass is 9.89. The van der Waals surface area contributed by atoms with E-state index in [9.17, 15) is 5.11 Å². The molecule has 1 aliphatic carbocycles. The molecule has 1 saturated carbocycles. The molecule has 0 aromatic heterocycles. The first-order valence-corrected chi connectivity index (χ1v) is 5.71. The summed E-state index contributed by atoms with van der Waals surface area (Å²) < 4.78 is 0. The Labute approximate surface area is 90.3 Å². The van der Waals surface area contributed by atoms with E-state index in [1.165, 1.54) is 24.0 Å². The third-order valence-electron chi connectivity index (χ3n) is 3.79. The van der Waals surface area contributed by atoms with Crippen LogP contribution in [0.25, 0.3) is 0 Å². The van der Waals surface area contributed by atoms with Gasteiger partial charge in [-0.25, -0.2) is 0 Å². The summed E-state index contributed by atoms with van der Waals surface area (Å²) in [6.07, 6.45) is 2.20. The summed E-state index contributed by atoms with van der Waals surface area (Å²) in [6, 6.07) is 6.46. The fourth-order valence-corrected chi connectivity index (χ4v) is 2.67. The van der Waals surface area contributed by atoms with Gasteiger partial charge in [0, 0.05) is 18.5 Å². The first-order chi connectivity index (χ1) is 7.21. The number of hydrogen-bond donors (Lipinski definition) is 2. The fourth-order valence-electron chi connectivity index (χ4n) is 2.67. The van der Waals surface area contributed by atoms with Gasteiger partial charge in [0.2, 0.25) is 0 Å². The van der Waals surface area contributed by atoms with Crippen LogP contribution >= 0.6 is 0 Å². The molecule has 1 aromatic rings. The number of benzene rings is 1. The van der Waals surface area contributed by atoms with Gasteiger partial charge in [0.15, 0.2) is 0 Å². The second-order valence-electron chi connectivity index (χ2n) is 5.02. The second kappa shape index (κ2) is 3.06. The first kappa shape index (κ1) is 9.37. The van der Waals surface area contributed by atoms with Crippen LogP contribution in [0, 0.1) is 6.92 Å². The molecule has 2 N–H and O–H groups in total. The molecule has 1 spiro atoms. The van der Waals surface area contributed by atoms with Crippen LogP contribution in [0.4, 0.5) is 0 Å². The van der Waals surface area contributed by atoms with Crippen molar-refractivity contribution < 1.29 is 5.11 Å². The molecule has 1 atom stereocenters. The van der Waals surface area contributed by atoms with Gasteiger partial charge in [0.1, 0.15) is 0 Å². The maximum Gasteiger partial charge on any atom is 0.0917 e. The van der Waals surface area contributed by atoms with Gasteiger partial charge in [0.25, 0.3) is 0 Å². The molecule has 1 aromatic carbocycles. The minimum Gasteiger partial charge on any atom is -0.387 e. The lowest BCUT2D eigenvalue weighted by molar-refractivity contribution is 0.178. The first-order valence-electron chi connectivity index (χ1n) is 5.71. The van der Waals surface area contributed by atoms with Crippen LogP contribution in [0.2, 0.25) is 0 Å². The number of nitrogens with one attached hydrogen (secondary N) is 1. The summed E-state index contributed by atoms with van der Waals surface area (Å²) in [4.78, 5) is 0. The number of hydrogen-bond acceptors (Lipinski definition) is 2. The van der Waals surface area contributed by atoms with E-state index < -0.39 is 0 Å². The predicted molar refractivity (Wildman–Crippen MR) is 59.9 cm³/mol. The molecule has 1 heterocycles. The van der Waals surface area contributed by atoms with Gasteiger partial charge in [-0.15, -0.1) is 0 Å². The van der Waals surface area contributed by atoms with Gasteiger partial charge in [-0.1, -0.05) is 23.8 Å². The van der Waals surface area contributed by atoms with Crippen molar-refractivity contribution in [3.05, 3.63) is 34.9 Å². The highest BCUT2D eigenvalue weighted by atomic mass is 16.3. The number of aliphatic hydroxyl groups is 1. The highest BCUT2D eigenvalue weighted by Gasteiger charge is 2.46. The molecule has 2 nitrogen and oxygen atoms in total. The molecule has 3 rings (SSSR count). The van der Waals surface area contributed by atoms with Crippen molar-refractivity contribution in [2.75, 3.05) is 13.1 Å². The smallest absolute Gasteiger partial charge is 0.0917 e. The molecule has 0 radical (unpaired) electrons. The standard InChI is InChI=1S/C13H17NO/c1-9-2-3-10-11(6-9)13(4-5-13)8-14-7-12(10)15/h2-3,6,12,14-15H,4-5,7-8H2,1H3. The zero-order valence-corrected chi connectivity index (χ0v) is 9.09. The highest BCUT2D eigenvalue weighted by molar-refractivity contribution is 5.43. The average molecular weight is 203 g/mol. The molecule has 1 aliphatic heterocycles. The quantitative estimate of drug-likeness (QED) is 0.672. The molecule has 2 aliphatic rings. The number of rotatable bonds is 0. The SMILES string of the molecule is Cc1ccc2c(c1)C1(CC1)CNCC2O. The average Bonchev–Trinajstić information content (AvgIpc) is 2.99. The monoisotopic (exact) mass is 203 g/mol. The molecule has 0 bridgehead atoms. The van der Waals surface area contributed by atoms with Gasteiger partial charge < -0.3 is 10.4 Å². The fraction of sp³-hybridized carbons (Fsp3) is 0.538. The molecule has 80 valence electrons. The van der Waals surface area contributed by atoms with Gasteiger partial charge in [-0.3, -0.25) is 0 Å². The summed E-state index contributed by atoms with van der Waals surface area (Å²) in [5.41, 5.74) is 4.18. The van der Waals surface area contributed by atoms with E-state index in [4.69, 9.17) is 0 Å².